The molecule has 0 aliphatic carbocycles. The normalized spacial score (nSPS) is 11.2. The summed E-state index contributed by atoms with van der Waals surface area (Å²) >= 11 is 3.07. The highest BCUT2D eigenvalue weighted by molar-refractivity contribution is 9.10. The van der Waals surface area contributed by atoms with Crippen LogP contribution in [0.2, 0.25) is 0 Å². The van der Waals surface area contributed by atoms with E-state index in [1.807, 2.05) is 0 Å². The van der Waals surface area contributed by atoms with Crippen molar-refractivity contribution in [1.82, 2.24) is 0 Å². The van der Waals surface area contributed by atoms with Gasteiger partial charge in [-0.2, -0.15) is 0 Å². The molecular weight excluding hydrogens is 363 g/mol. The van der Waals surface area contributed by atoms with Crippen LogP contribution in [-0.2, 0) is 10.0 Å². The maximum absolute atomic E-state index is 13.8. The first-order valence-electron chi connectivity index (χ1n) is 5.75. The van der Waals surface area contributed by atoms with Crippen LogP contribution in [0.5, 0.6) is 5.75 Å². The summed E-state index contributed by atoms with van der Waals surface area (Å²) in [6.45, 7) is 0. The lowest BCUT2D eigenvalue weighted by atomic mass is 10.2. The Balaban J connectivity index is 2.35. The molecule has 5 nitrogen and oxygen atoms in total. The molecule has 0 radical (unpaired) electrons. The third-order valence-electron chi connectivity index (χ3n) is 2.67. The molecule has 0 atom stereocenters. The topological polar surface area (TPSA) is 81.4 Å². The second-order valence-electron chi connectivity index (χ2n) is 4.14. The van der Waals surface area contributed by atoms with Crippen LogP contribution < -0.4 is 15.2 Å². The number of nitrogens with one attached hydrogen (secondary N) is 1. The fourth-order valence-corrected chi connectivity index (χ4v) is 3.14. The molecule has 0 saturated carbocycles. The summed E-state index contributed by atoms with van der Waals surface area (Å²) in [6.07, 6.45) is 0. The number of ether oxygens (including phenoxy) is 1. The van der Waals surface area contributed by atoms with Crippen molar-refractivity contribution >= 4 is 37.3 Å². The van der Waals surface area contributed by atoms with Crippen LogP contribution in [-0.4, -0.2) is 15.5 Å². The minimum atomic E-state index is -4.04. The summed E-state index contributed by atoms with van der Waals surface area (Å²) in [5.74, 6) is -0.425. The number of nitrogen functional groups attached to an aromatic ring is 1. The van der Waals surface area contributed by atoms with Gasteiger partial charge in [0.1, 0.15) is 16.5 Å². The first-order valence-corrected chi connectivity index (χ1v) is 8.02. The van der Waals surface area contributed by atoms with Crippen LogP contribution in [0.4, 0.5) is 15.8 Å². The summed E-state index contributed by atoms with van der Waals surface area (Å²) in [7, 11) is -2.59. The highest BCUT2D eigenvalue weighted by Crippen LogP contribution is 2.27. The fraction of sp³-hybridized carbons (Fsp3) is 0.0769. The summed E-state index contributed by atoms with van der Waals surface area (Å²) in [4.78, 5) is -0.444. The number of nitrogens with two attached hydrogens (primary N) is 1. The molecule has 3 N–H and O–H groups in total. The van der Waals surface area contributed by atoms with Crippen LogP contribution in [0.25, 0.3) is 0 Å². The molecule has 0 aliphatic rings. The molecule has 0 aliphatic heterocycles. The van der Waals surface area contributed by atoms with Gasteiger partial charge in [-0.05, 0) is 36.4 Å². The predicted molar refractivity (Wildman–Crippen MR) is 82.3 cm³/mol. The summed E-state index contributed by atoms with van der Waals surface area (Å²) in [6, 6.07) is 8.09. The monoisotopic (exact) mass is 374 g/mol. The lowest BCUT2D eigenvalue weighted by Crippen LogP contribution is -2.14. The van der Waals surface area contributed by atoms with E-state index in [9.17, 15) is 12.8 Å². The van der Waals surface area contributed by atoms with E-state index in [0.29, 0.717) is 10.2 Å². The van der Waals surface area contributed by atoms with Gasteiger partial charge in [0.2, 0.25) is 0 Å². The van der Waals surface area contributed by atoms with Crippen molar-refractivity contribution in [3.05, 3.63) is 46.7 Å². The molecule has 0 aromatic heterocycles. The number of sulfonamides is 1. The van der Waals surface area contributed by atoms with Crippen LogP contribution >= 0.6 is 15.9 Å². The van der Waals surface area contributed by atoms with Crippen LogP contribution in [0.15, 0.2) is 45.8 Å². The maximum Gasteiger partial charge on any atom is 0.264 e. The number of halogens is 2. The van der Waals surface area contributed by atoms with Crippen molar-refractivity contribution in [2.45, 2.75) is 4.90 Å². The lowest BCUT2D eigenvalue weighted by molar-refractivity contribution is 0.417. The van der Waals surface area contributed by atoms with Gasteiger partial charge in [0.05, 0.1) is 18.5 Å². The van der Waals surface area contributed by atoms with Gasteiger partial charge in [-0.25, -0.2) is 12.8 Å². The summed E-state index contributed by atoms with van der Waals surface area (Å²) < 4.78 is 45.8. The first kappa shape index (κ1) is 15.6. The van der Waals surface area contributed by atoms with Crippen molar-refractivity contribution in [2.24, 2.45) is 0 Å². The third-order valence-corrected chi connectivity index (χ3v) is 4.57. The molecule has 21 heavy (non-hydrogen) atoms. The smallest absolute Gasteiger partial charge is 0.264 e. The fourth-order valence-electron chi connectivity index (χ4n) is 1.70. The average molecular weight is 375 g/mol. The molecule has 8 heteroatoms. The molecule has 0 bridgehead atoms. The Morgan fingerprint density at radius 1 is 1.24 bits per heavy atom. The van der Waals surface area contributed by atoms with Gasteiger partial charge in [-0.3, -0.25) is 4.72 Å². The van der Waals surface area contributed by atoms with Crippen molar-refractivity contribution in [3.63, 3.8) is 0 Å². The molecule has 0 spiro atoms. The Labute approximate surface area is 130 Å². The number of methoxy groups -OCH3 is 1. The van der Waals surface area contributed by atoms with E-state index in [4.69, 9.17) is 10.5 Å². The zero-order valence-electron chi connectivity index (χ0n) is 10.9. The van der Waals surface area contributed by atoms with E-state index in [1.165, 1.54) is 37.4 Å². The molecule has 2 aromatic carbocycles. The second kappa shape index (κ2) is 5.90. The highest BCUT2D eigenvalue weighted by Gasteiger charge is 2.19. The minimum absolute atomic E-state index is 0.218. The number of rotatable bonds is 4. The Hall–Kier alpha value is -1.80. The Morgan fingerprint density at radius 2 is 1.95 bits per heavy atom. The van der Waals surface area contributed by atoms with Crippen molar-refractivity contribution in [1.29, 1.82) is 0 Å². The van der Waals surface area contributed by atoms with E-state index < -0.39 is 20.7 Å². The van der Waals surface area contributed by atoms with Gasteiger partial charge in [0.25, 0.3) is 10.0 Å². The summed E-state index contributed by atoms with van der Waals surface area (Å²) in [5.41, 5.74) is 6.19. The lowest BCUT2D eigenvalue weighted by Gasteiger charge is -2.11. The summed E-state index contributed by atoms with van der Waals surface area (Å²) in [5, 5.41) is 0. The van der Waals surface area contributed by atoms with E-state index in [2.05, 4.69) is 20.7 Å². The van der Waals surface area contributed by atoms with Crippen LogP contribution in [0.1, 0.15) is 0 Å². The van der Waals surface area contributed by atoms with Crippen molar-refractivity contribution in [2.75, 3.05) is 17.6 Å². The van der Waals surface area contributed by atoms with Gasteiger partial charge in [-0.1, -0.05) is 15.9 Å². The van der Waals surface area contributed by atoms with Crippen LogP contribution in [0.3, 0.4) is 0 Å². The zero-order valence-corrected chi connectivity index (χ0v) is 13.3. The molecule has 2 aromatic rings. The quantitative estimate of drug-likeness (QED) is 0.806. The molecular formula is C13H12BrFN2O3S. The van der Waals surface area contributed by atoms with Gasteiger partial charge in [-0.15, -0.1) is 0 Å². The number of hydrogen-bond acceptors (Lipinski definition) is 4. The molecule has 0 fully saturated rings. The van der Waals surface area contributed by atoms with E-state index in [0.717, 1.165) is 6.07 Å². The van der Waals surface area contributed by atoms with E-state index in [-0.39, 0.29) is 11.4 Å². The molecule has 2 rings (SSSR count). The molecule has 112 valence electrons. The minimum Gasteiger partial charge on any atom is -0.495 e. The first-order chi connectivity index (χ1) is 9.83. The Bertz CT molecular complexity index is 781. The standard InChI is InChI=1S/C13H12BrFN2O3S/c1-20-12-4-3-9(7-11(12)16)17-21(18,19)13-5-2-8(14)6-10(13)15/h2-7,17H,16H2,1H3. The van der Waals surface area contributed by atoms with Crippen molar-refractivity contribution in [3.8, 4) is 5.75 Å². The third kappa shape index (κ3) is 3.45. The SMILES string of the molecule is COc1ccc(NS(=O)(=O)c2ccc(Br)cc2F)cc1N. The van der Waals surface area contributed by atoms with Gasteiger partial charge < -0.3 is 10.5 Å². The predicted octanol–water partition coefficient (Wildman–Crippen LogP) is 2.98. The van der Waals surface area contributed by atoms with Gasteiger partial charge in [0.15, 0.2) is 0 Å². The Kier molecular flexibility index (Phi) is 4.38. The molecule has 0 saturated heterocycles. The van der Waals surface area contributed by atoms with Gasteiger partial charge in [0, 0.05) is 4.47 Å². The van der Waals surface area contributed by atoms with E-state index >= 15 is 0 Å². The van der Waals surface area contributed by atoms with Crippen LogP contribution in [0, 0.1) is 5.82 Å². The number of hydrogen-bond donors (Lipinski definition) is 2. The largest absolute Gasteiger partial charge is 0.495 e. The molecule has 0 amide bonds. The highest BCUT2D eigenvalue weighted by atomic mass is 79.9. The number of anilines is 2. The Morgan fingerprint density at radius 3 is 2.52 bits per heavy atom. The second-order valence-corrected chi connectivity index (χ2v) is 6.70. The maximum atomic E-state index is 13.8. The zero-order chi connectivity index (χ0) is 15.6. The van der Waals surface area contributed by atoms with E-state index in [1.54, 1.807) is 0 Å². The molecule has 0 heterocycles. The number of benzene rings is 2. The average Bonchev–Trinajstić information content (AvgIpc) is 2.37. The van der Waals surface area contributed by atoms with Crippen molar-refractivity contribution < 1.29 is 17.5 Å². The van der Waals surface area contributed by atoms with Gasteiger partial charge >= 0.3 is 0 Å². The molecule has 0 unspecified atom stereocenters.